The molecule has 5 N–H and O–H groups in total. The summed E-state index contributed by atoms with van der Waals surface area (Å²) in [6.45, 7) is 0. The standard InChI is InChI=1S/C19H16BN5O2/c21-19-23-17-13-3-1-2-4-15(13)22-16(14-9-10-25(24-19)18(14)17)11-5-7-12(8-6-11)20(26)27/h1-10,16,22,26-27H,(H2,21,24). The van der Waals surface area contributed by atoms with Gasteiger partial charge in [0, 0.05) is 23.0 Å². The van der Waals surface area contributed by atoms with Crippen LogP contribution < -0.4 is 16.5 Å². The summed E-state index contributed by atoms with van der Waals surface area (Å²) in [5.74, 6) is 0.217. The zero-order chi connectivity index (χ0) is 18.5. The topological polar surface area (TPSA) is 109 Å². The number of hydrogen-bond acceptors (Lipinski definition) is 6. The number of aromatic nitrogens is 3. The van der Waals surface area contributed by atoms with Crippen molar-refractivity contribution in [2.45, 2.75) is 6.04 Å². The highest BCUT2D eigenvalue weighted by Gasteiger charge is 2.27. The first-order valence-corrected chi connectivity index (χ1v) is 8.58. The Balaban J connectivity index is 1.76. The molecule has 0 saturated carbocycles. The van der Waals surface area contributed by atoms with Gasteiger partial charge < -0.3 is 21.1 Å². The first-order valence-electron chi connectivity index (χ1n) is 8.58. The summed E-state index contributed by atoms with van der Waals surface area (Å²) in [6, 6.07) is 17.0. The molecule has 1 unspecified atom stereocenters. The first-order chi connectivity index (χ1) is 13.1. The van der Waals surface area contributed by atoms with Crippen LogP contribution in [0.3, 0.4) is 0 Å². The Hall–Kier alpha value is -3.36. The fourth-order valence-corrected chi connectivity index (χ4v) is 3.66. The first kappa shape index (κ1) is 15.9. The van der Waals surface area contributed by atoms with E-state index < -0.39 is 7.12 Å². The molecule has 1 atom stereocenters. The third-order valence-corrected chi connectivity index (χ3v) is 4.92. The Morgan fingerprint density at radius 2 is 1.81 bits per heavy atom. The van der Waals surface area contributed by atoms with E-state index in [1.807, 2.05) is 48.7 Å². The molecule has 5 rings (SSSR count). The maximum Gasteiger partial charge on any atom is 0.488 e. The van der Waals surface area contributed by atoms with E-state index in [4.69, 9.17) is 5.73 Å². The van der Waals surface area contributed by atoms with Gasteiger partial charge in [-0.1, -0.05) is 42.5 Å². The van der Waals surface area contributed by atoms with Gasteiger partial charge in [-0.3, -0.25) is 0 Å². The zero-order valence-corrected chi connectivity index (χ0v) is 14.2. The number of nitrogen functional groups attached to an aromatic ring is 1. The molecule has 3 heterocycles. The largest absolute Gasteiger partial charge is 0.488 e. The summed E-state index contributed by atoms with van der Waals surface area (Å²) in [5, 5.41) is 26.6. The molecule has 0 saturated heterocycles. The SMILES string of the molecule is Nc1nc2c3c(ccn3n1)C(c1ccc(B(O)O)cc1)Nc1ccccc1-2. The number of fused-ring (bicyclic) bond motifs is 2. The lowest BCUT2D eigenvalue weighted by Gasteiger charge is -2.19. The van der Waals surface area contributed by atoms with Crippen molar-refractivity contribution in [1.82, 2.24) is 14.6 Å². The van der Waals surface area contributed by atoms with Gasteiger partial charge in [0.1, 0.15) is 5.69 Å². The lowest BCUT2D eigenvalue weighted by molar-refractivity contribution is 0.426. The van der Waals surface area contributed by atoms with Gasteiger partial charge in [-0.2, -0.15) is 0 Å². The van der Waals surface area contributed by atoms with Crippen LogP contribution >= 0.6 is 0 Å². The maximum absolute atomic E-state index is 9.35. The van der Waals surface area contributed by atoms with Gasteiger partial charge in [-0.05, 0) is 23.2 Å². The van der Waals surface area contributed by atoms with Crippen LogP contribution in [0.1, 0.15) is 17.2 Å². The molecular formula is C19H16BN5O2. The van der Waals surface area contributed by atoms with Crippen LogP contribution in [-0.4, -0.2) is 31.8 Å². The normalized spacial score (nSPS) is 15.1. The molecule has 0 radical (unpaired) electrons. The number of nitrogens with two attached hydrogens (primary N) is 1. The monoisotopic (exact) mass is 357 g/mol. The third kappa shape index (κ3) is 2.46. The number of nitrogens with zero attached hydrogens (tertiary/aromatic N) is 3. The summed E-state index contributed by atoms with van der Waals surface area (Å²) in [4.78, 5) is 4.51. The van der Waals surface area contributed by atoms with E-state index in [9.17, 15) is 10.0 Å². The molecule has 2 aromatic heterocycles. The molecule has 0 spiro atoms. The van der Waals surface area contributed by atoms with Crippen LogP contribution in [0.5, 0.6) is 0 Å². The molecule has 0 aliphatic carbocycles. The molecule has 4 aromatic rings. The molecule has 2 aromatic carbocycles. The van der Waals surface area contributed by atoms with Crippen molar-refractivity contribution in [3.8, 4) is 11.3 Å². The zero-order valence-electron chi connectivity index (χ0n) is 14.2. The fraction of sp³-hybridized carbons (Fsp3) is 0.0526. The Morgan fingerprint density at radius 1 is 1.04 bits per heavy atom. The second-order valence-corrected chi connectivity index (χ2v) is 6.55. The molecular weight excluding hydrogens is 341 g/mol. The van der Waals surface area contributed by atoms with Crippen LogP contribution in [0.25, 0.3) is 16.8 Å². The summed E-state index contributed by atoms with van der Waals surface area (Å²) in [5.41, 5.74) is 12.0. The number of hydrogen-bond donors (Lipinski definition) is 4. The van der Waals surface area contributed by atoms with Gasteiger partial charge in [0.05, 0.1) is 11.6 Å². The minimum absolute atomic E-state index is 0.144. The lowest BCUT2D eigenvalue weighted by Crippen LogP contribution is -2.29. The van der Waals surface area contributed by atoms with Crippen molar-refractivity contribution < 1.29 is 10.0 Å². The van der Waals surface area contributed by atoms with E-state index in [1.165, 1.54) is 0 Å². The molecule has 0 bridgehead atoms. The van der Waals surface area contributed by atoms with Crippen LogP contribution in [0.2, 0.25) is 0 Å². The average Bonchev–Trinajstić information content (AvgIpc) is 3.03. The molecule has 132 valence electrons. The van der Waals surface area contributed by atoms with Crippen molar-refractivity contribution in [3.05, 3.63) is 71.9 Å². The molecule has 8 heteroatoms. The minimum atomic E-state index is -1.49. The summed E-state index contributed by atoms with van der Waals surface area (Å²) < 4.78 is 1.76. The molecule has 1 aliphatic rings. The summed E-state index contributed by atoms with van der Waals surface area (Å²) >= 11 is 0. The number of para-hydroxylation sites is 1. The van der Waals surface area contributed by atoms with Gasteiger partial charge in [-0.15, -0.1) is 5.10 Å². The van der Waals surface area contributed by atoms with Crippen LogP contribution in [-0.2, 0) is 0 Å². The Kier molecular flexibility index (Phi) is 3.43. The van der Waals surface area contributed by atoms with Crippen LogP contribution in [0.15, 0.2) is 60.8 Å². The predicted octanol–water partition coefficient (Wildman–Crippen LogP) is 1.17. The fourth-order valence-electron chi connectivity index (χ4n) is 3.66. The summed E-state index contributed by atoms with van der Waals surface area (Å²) in [7, 11) is -1.49. The molecule has 0 amide bonds. The Bertz CT molecular complexity index is 1160. The van der Waals surface area contributed by atoms with Crippen LogP contribution in [0.4, 0.5) is 11.6 Å². The van der Waals surface area contributed by atoms with Crippen molar-refractivity contribution in [2.75, 3.05) is 11.1 Å². The molecule has 0 fully saturated rings. The smallest absolute Gasteiger partial charge is 0.423 e. The Morgan fingerprint density at radius 3 is 2.59 bits per heavy atom. The summed E-state index contributed by atoms with van der Waals surface area (Å²) in [6.07, 6.45) is 1.88. The van der Waals surface area contributed by atoms with E-state index in [-0.39, 0.29) is 12.0 Å². The van der Waals surface area contributed by atoms with Gasteiger partial charge in [-0.25, -0.2) is 9.50 Å². The van der Waals surface area contributed by atoms with Gasteiger partial charge >= 0.3 is 7.12 Å². The number of nitrogens with one attached hydrogen (secondary N) is 1. The number of anilines is 2. The van der Waals surface area contributed by atoms with Crippen molar-refractivity contribution >= 4 is 29.7 Å². The highest BCUT2D eigenvalue weighted by molar-refractivity contribution is 6.58. The van der Waals surface area contributed by atoms with E-state index in [0.717, 1.165) is 33.6 Å². The average molecular weight is 357 g/mol. The maximum atomic E-state index is 9.35. The van der Waals surface area contributed by atoms with E-state index in [1.54, 1.807) is 16.6 Å². The quantitative estimate of drug-likeness (QED) is 0.401. The van der Waals surface area contributed by atoms with Crippen molar-refractivity contribution in [2.24, 2.45) is 0 Å². The third-order valence-electron chi connectivity index (χ3n) is 4.92. The molecule has 27 heavy (non-hydrogen) atoms. The molecule has 1 aliphatic heterocycles. The van der Waals surface area contributed by atoms with E-state index in [2.05, 4.69) is 15.4 Å². The van der Waals surface area contributed by atoms with Crippen molar-refractivity contribution in [1.29, 1.82) is 0 Å². The predicted molar refractivity (Wildman–Crippen MR) is 105 cm³/mol. The second kappa shape index (κ2) is 5.83. The highest BCUT2D eigenvalue weighted by Crippen LogP contribution is 2.41. The lowest BCUT2D eigenvalue weighted by atomic mass is 9.79. The number of rotatable bonds is 2. The Labute approximate surface area is 155 Å². The van der Waals surface area contributed by atoms with Gasteiger partial charge in [0.25, 0.3) is 0 Å². The molecule has 7 nitrogen and oxygen atoms in total. The van der Waals surface area contributed by atoms with Gasteiger partial charge in [0.2, 0.25) is 5.95 Å². The van der Waals surface area contributed by atoms with E-state index in [0.29, 0.717) is 5.46 Å². The van der Waals surface area contributed by atoms with E-state index >= 15 is 0 Å². The second-order valence-electron chi connectivity index (χ2n) is 6.55. The minimum Gasteiger partial charge on any atom is -0.423 e. The van der Waals surface area contributed by atoms with Crippen molar-refractivity contribution in [3.63, 3.8) is 0 Å². The number of benzene rings is 2. The van der Waals surface area contributed by atoms with Crippen LogP contribution in [0, 0.1) is 0 Å². The van der Waals surface area contributed by atoms with Gasteiger partial charge in [0.15, 0.2) is 0 Å². The highest BCUT2D eigenvalue weighted by atomic mass is 16.4.